The molecule has 0 radical (unpaired) electrons. The fourth-order valence-electron chi connectivity index (χ4n) is 2.77. The van der Waals surface area contributed by atoms with Crippen LogP contribution in [0.15, 0.2) is 0 Å². The van der Waals surface area contributed by atoms with Gasteiger partial charge < -0.3 is 26.3 Å². The number of alkyl halides is 3. The Morgan fingerprint density at radius 3 is 2.52 bits per heavy atom. The number of nitrogens with two attached hydrogens (primary N) is 2. The van der Waals surface area contributed by atoms with Crippen LogP contribution in [-0.2, 0) is 9.59 Å². The highest BCUT2D eigenvalue weighted by Crippen LogP contribution is 2.33. The highest BCUT2D eigenvalue weighted by atomic mass is 32.2. The molecule has 2 rings (SSSR count). The molecule has 12 heteroatoms. The lowest BCUT2D eigenvalue weighted by atomic mass is 10.0. The number of halogens is 3. The van der Waals surface area contributed by atoms with Gasteiger partial charge in [0.1, 0.15) is 5.97 Å². The zero-order valence-corrected chi connectivity index (χ0v) is 15.5. The van der Waals surface area contributed by atoms with E-state index in [0.29, 0.717) is 24.3 Å². The molecule has 3 atom stereocenters. The smallest absolute Gasteiger partial charge is 0.430 e. The number of rotatable bonds is 8. The lowest BCUT2D eigenvalue weighted by Crippen LogP contribution is -2.88. The second-order valence-corrected chi connectivity index (χ2v) is 7.53. The van der Waals surface area contributed by atoms with Gasteiger partial charge in [-0.15, -0.1) is 0 Å². The van der Waals surface area contributed by atoms with Crippen molar-refractivity contribution in [2.45, 2.75) is 55.6 Å². The summed E-state index contributed by atoms with van der Waals surface area (Å²) >= 11 is 1.93. The number of thioether (sulfide) groups is 1. The Labute approximate surface area is 159 Å². The summed E-state index contributed by atoms with van der Waals surface area (Å²) in [5, 5.41) is 17.0. The quantitative estimate of drug-likeness (QED) is 0.280. The van der Waals surface area contributed by atoms with Crippen LogP contribution in [0.4, 0.5) is 18.0 Å². The fraction of sp³-hybridized carbons (Fsp3) is 0.800. The summed E-state index contributed by atoms with van der Waals surface area (Å²) in [7, 11) is 0. The minimum Gasteiger partial charge on any atom is -0.542 e. The van der Waals surface area contributed by atoms with E-state index in [4.69, 9.17) is 15.6 Å². The number of urea groups is 1. The number of primary amides is 1. The predicted molar refractivity (Wildman–Crippen MR) is 90.5 cm³/mol. The van der Waals surface area contributed by atoms with Gasteiger partial charge in [0.2, 0.25) is 0 Å². The van der Waals surface area contributed by atoms with Gasteiger partial charge in [0.05, 0.1) is 25.0 Å². The van der Waals surface area contributed by atoms with Crippen molar-refractivity contribution >= 4 is 29.7 Å². The average molecular weight is 414 g/mol. The Kier molecular flexibility index (Phi) is 9.88. The largest absolute Gasteiger partial charge is 0.542 e. The summed E-state index contributed by atoms with van der Waals surface area (Å²) in [6.07, 6.45) is -0.605. The number of unbranched alkanes of at least 4 members (excludes halogenated alkanes) is 1. The predicted octanol–water partition coefficient (Wildman–Crippen LogP) is -1.55. The zero-order valence-electron chi connectivity index (χ0n) is 14.7. The Bertz CT molecular complexity index is 522. The number of nitrogens with one attached hydrogen (secondary N) is 2. The van der Waals surface area contributed by atoms with Crippen LogP contribution in [0.25, 0.3) is 0 Å². The second kappa shape index (κ2) is 11.3. The standard InChI is InChI=1S/C13H24N4O2S.C2HF3O2/c14-6-3-7-15-11(18)5-2-1-4-10-12-9(8-20-10)16-13(19)17-12;3-2(4,5)1(6)7/h9-10,12H,1-8,14H2,(H,15,18)(H2,16,17,19);(H,6,7)/t9-,10-,12-;/m0./s1. The first-order chi connectivity index (χ1) is 12.6. The van der Waals surface area contributed by atoms with Gasteiger partial charge in [0.25, 0.3) is 0 Å². The molecule has 2 saturated heterocycles. The number of hydrogen-bond acceptors (Lipinski definition) is 6. The van der Waals surface area contributed by atoms with E-state index in [-0.39, 0.29) is 18.0 Å². The van der Waals surface area contributed by atoms with Crippen LogP contribution < -0.4 is 26.8 Å². The molecular formula is C15H25F3N4O4S. The van der Waals surface area contributed by atoms with Crippen molar-refractivity contribution in [3.05, 3.63) is 0 Å². The van der Waals surface area contributed by atoms with E-state index in [1.807, 2.05) is 11.8 Å². The SMILES string of the molecule is NCCC[NH2+]C(=O)CCCC[C@@H]1SC[C@@H]2NC(=O)N[C@@H]21.O=C([O-])C(F)(F)F. The maximum atomic E-state index is 11.6. The number of amides is 3. The molecule has 0 saturated carbocycles. The van der Waals surface area contributed by atoms with Crippen LogP contribution in [0.2, 0.25) is 0 Å². The Morgan fingerprint density at radius 2 is 1.93 bits per heavy atom. The summed E-state index contributed by atoms with van der Waals surface area (Å²) in [5.74, 6) is -1.77. The topological polar surface area (TPSA) is 141 Å². The van der Waals surface area contributed by atoms with Crippen molar-refractivity contribution in [1.29, 1.82) is 0 Å². The summed E-state index contributed by atoms with van der Waals surface area (Å²) in [6, 6.07) is 0.540. The number of fused-ring (bicyclic) bond motifs is 1. The van der Waals surface area contributed by atoms with Gasteiger partial charge in [-0.1, -0.05) is 6.42 Å². The molecule has 0 aromatic heterocycles. The van der Waals surface area contributed by atoms with Crippen molar-refractivity contribution in [2.75, 3.05) is 18.8 Å². The lowest BCUT2D eigenvalue weighted by molar-refractivity contribution is -0.569. The molecule has 2 fully saturated rings. The van der Waals surface area contributed by atoms with Gasteiger partial charge in [0, 0.05) is 17.4 Å². The van der Waals surface area contributed by atoms with E-state index >= 15 is 0 Å². The minimum absolute atomic E-state index is 0.0324. The third kappa shape index (κ3) is 8.80. The molecule has 8 nitrogen and oxygen atoms in total. The van der Waals surface area contributed by atoms with Gasteiger partial charge in [-0.3, -0.25) is 5.32 Å². The maximum absolute atomic E-state index is 11.6. The average Bonchev–Trinajstić information content (AvgIpc) is 3.11. The van der Waals surface area contributed by atoms with Gasteiger partial charge in [-0.05, 0) is 19.4 Å². The molecule has 0 bridgehead atoms. The van der Waals surface area contributed by atoms with Crippen LogP contribution in [0.5, 0.6) is 0 Å². The molecule has 0 unspecified atom stereocenters. The summed E-state index contributed by atoms with van der Waals surface area (Å²) in [6.45, 7) is 1.44. The molecule has 27 heavy (non-hydrogen) atoms. The second-order valence-electron chi connectivity index (χ2n) is 6.25. The summed E-state index contributed by atoms with van der Waals surface area (Å²) < 4.78 is 31.5. The first-order valence-electron chi connectivity index (χ1n) is 8.68. The van der Waals surface area contributed by atoms with E-state index in [1.54, 1.807) is 5.32 Å². The minimum atomic E-state index is -5.19. The highest BCUT2D eigenvalue weighted by molar-refractivity contribution is 8.00. The number of carbonyl (C=O) groups is 3. The van der Waals surface area contributed by atoms with Crippen LogP contribution in [0.3, 0.4) is 0 Å². The van der Waals surface area contributed by atoms with Gasteiger partial charge in [-0.2, -0.15) is 24.9 Å². The highest BCUT2D eigenvalue weighted by Gasteiger charge is 2.42. The number of carboxylic acid groups (broad SMARTS) is 1. The van der Waals surface area contributed by atoms with E-state index in [2.05, 4.69) is 10.6 Å². The molecule has 2 heterocycles. The zero-order chi connectivity index (χ0) is 20.4. The molecular weight excluding hydrogens is 389 g/mol. The van der Waals surface area contributed by atoms with E-state index in [0.717, 1.165) is 38.0 Å². The third-order valence-electron chi connectivity index (χ3n) is 4.11. The van der Waals surface area contributed by atoms with Crippen LogP contribution in [0, 0.1) is 0 Å². The Hall–Kier alpha value is -1.53. The van der Waals surface area contributed by atoms with Crippen LogP contribution in [-0.4, -0.2) is 60.3 Å². The van der Waals surface area contributed by atoms with Crippen LogP contribution in [0.1, 0.15) is 32.1 Å². The van der Waals surface area contributed by atoms with Crippen LogP contribution >= 0.6 is 11.8 Å². The van der Waals surface area contributed by atoms with Crippen molar-refractivity contribution in [3.8, 4) is 0 Å². The molecule has 0 aromatic rings. The van der Waals surface area contributed by atoms with Gasteiger partial charge in [-0.25, -0.2) is 9.59 Å². The van der Waals surface area contributed by atoms with Crippen molar-refractivity contribution in [3.63, 3.8) is 0 Å². The number of hydrogen-bond donors (Lipinski definition) is 4. The number of quaternary nitrogens is 1. The molecule has 0 spiro atoms. The molecule has 2 aliphatic rings. The number of carbonyl (C=O) groups excluding carboxylic acids is 3. The fourth-order valence-corrected chi connectivity index (χ4v) is 4.31. The molecule has 2 aliphatic heterocycles. The normalized spacial score (nSPS) is 23.7. The van der Waals surface area contributed by atoms with Crippen molar-refractivity contribution in [1.82, 2.24) is 10.6 Å². The van der Waals surface area contributed by atoms with E-state index in [1.165, 1.54) is 0 Å². The monoisotopic (exact) mass is 414 g/mol. The van der Waals surface area contributed by atoms with E-state index < -0.39 is 12.1 Å². The van der Waals surface area contributed by atoms with Gasteiger partial charge in [0.15, 0.2) is 0 Å². The maximum Gasteiger partial charge on any atom is 0.430 e. The Morgan fingerprint density at radius 1 is 1.26 bits per heavy atom. The first-order valence-corrected chi connectivity index (χ1v) is 9.73. The van der Waals surface area contributed by atoms with Crippen molar-refractivity contribution in [2.24, 2.45) is 5.73 Å². The Balaban J connectivity index is 0.000000445. The number of aliphatic carboxylic acids is 1. The lowest BCUT2D eigenvalue weighted by Gasteiger charge is -2.16. The molecule has 156 valence electrons. The summed E-state index contributed by atoms with van der Waals surface area (Å²) in [4.78, 5) is 31.6. The molecule has 3 amide bonds. The third-order valence-corrected chi connectivity index (χ3v) is 5.62. The number of carboxylic acids is 1. The van der Waals surface area contributed by atoms with Crippen molar-refractivity contribution < 1.29 is 38.0 Å². The van der Waals surface area contributed by atoms with E-state index in [9.17, 15) is 22.8 Å². The van der Waals surface area contributed by atoms with Gasteiger partial charge >= 0.3 is 18.1 Å². The molecule has 0 aromatic carbocycles. The first kappa shape index (κ1) is 23.5. The molecule has 6 N–H and O–H groups in total. The summed E-state index contributed by atoms with van der Waals surface area (Å²) in [5.41, 5.74) is 5.39. The molecule has 0 aliphatic carbocycles.